The molecule has 12 heteroatoms. The minimum atomic E-state index is -0.799. The van der Waals surface area contributed by atoms with Gasteiger partial charge in [0.1, 0.15) is 16.3 Å². The van der Waals surface area contributed by atoms with E-state index in [0.717, 1.165) is 69.0 Å². The summed E-state index contributed by atoms with van der Waals surface area (Å²) in [5.74, 6) is -1.75. The van der Waals surface area contributed by atoms with Crippen molar-refractivity contribution in [3.8, 4) is 0 Å². The number of aromatic nitrogens is 3. The average Bonchev–Trinajstić information content (AvgIpc) is 3.27. The van der Waals surface area contributed by atoms with Gasteiger partial charge >= 0.3 is 5.97 Å². The number of carboxylic acids is 1. The molecule has 0 amide bonds. The molecule has 0 spiro atoms. The van der Waals surface area contributed by atoms with Crippen LogP contribution in [0.2, 0.25) is 0 Å². The lowest BCUT2D eigenvalue weighted by Gasteiger charge is -2.52. The lowest BCUT2D eigenvalue weighted by molar-refractivity contribution is -0.158. The van der Waals surface area contributed by atoms with Crippen LogP contribution in [0.1, 0.15) is 51.3 Å². The third-order valence-electron chi connectivity index (χ3n) is 8.71. The Hall–Kier alpha value is -2.99. The molecule has 2 N–H and O–H groups in total. The first-order valence-electron chi connectivity index (χ1n) is 13.4. The monoisotopic (exact) mass is 560 g/mol. The van der Waals surface area contributed by atoms with E-state index < -0.39 is 34.9 Å². The fourth-order valence-electron chi connectivity index (χ4n) is 6.28. The summed E-state index contributed by atoms with van der Waals surface area (Å²) in [6.07, 6.45) is 5.78. The van der Waals surface area contributed by atoms with Crippen LogP contribution in [0.3, 0.4) is 0 Å². The number of hydrogen-bond acceptors (Lipinski definition) is 8. The van der Waals surface area contributed by atoms with Crippen molar-refractivity contribution in [1.29, 1.82) is 0 Å². The lowest BCUT2D eigenvalue weighted by Crippen LogP contribution is -2.58. The summed E-state index contributed by atoms with van der Waals surface area (Å²) in [6.45, 7) is 7.25. The Morgan fingerprint density at radius 1 is 1.15 bits per heavy atom. The normalized spacial score (nSPS) is 26.7. The Bertz CT molecular complexity index is 1410. The van der Waals surface area contributed by atoms with Gasteiger partial charge in [0.25, 0.3) is 0 Å². The number of anilines is 2. The van der Waals surface area contributed by atoms with Crippen molar-refractivity contribution < 1.29 is 23.1 Å². The van der Waals surface area contributed by atoms with Gasteiger partial charge in [-0.2, -0.15) is 4.98 Å². The van der Waals surface area contributed by atoms with Crippen LogP contribution in [-0.2, 0) is 4.79 Å². The van der Waals surface area contributed by atoms with Crippen molar-refractivity contribution in [2.24, 2.45) is 17.3 Å². The van der Waals surface area contributed by atoms with E-state index in [4.69, 9.17) is 0 Å². The standard InChI is InChI=1S/C27H31F3N6O2S/c1-14(21-19(29)6-17(28)9-31-21)33-22-20(30)10-32-24-23(22)39-26(34-24)36-12-16(13-36)15-4-3-5-35(11-15)18-7-27(2,8-18)25(37)38/h6,9-10,14-16,18H,3-5,7-8,11-13H2,1-2H3,(H,32,33)(H,37,38)/t14?,15-,18?,27?/m0/s1. The van der Waals surface area contributed by atoms with Gasteiger partial charge in [-0.3, -0.25) is 9.78 Å². The van der Waals surface area contributed by atoms with E-state index in [-0.39, 0.29) is 11.4 Å². The summed E-state index contributed by atoms with van der Waals surface area (Å²) >= 11 is 1.34. The molecule has 3 aromatic rings. The van der Waals surface area contributed by atoms with Crippen molar-refractivity contribution in [1.82, 2.24) is 19.9 Å². The zero-order valence-electron chi connectivity index (χ0n) is 21.8. The summed E-state index contributed by atoms with van der Waals surface area (Å²) in [5.41, 5.74) is 0.000539. The molecule has 1 aliphatic carbocycles. The maximum Gasteiger partial charge on any atom is 0.309 e. The largest absolute Gasteiger partial charge is 0.481 e. The Kier molecular flexibility index (Phi) is 6.65. The van der Waals surface area contributed by atoms with E-state index in [1.807, 2.05) is 6.92 Å². The predicted octanol–water partition coefficient (Wildman–Crippen LogP) is 5.08. The maximum absolute atomic E-state index is 14.8. The van der Waals surface area contributed by atoms with Crippen molar-refractivity contribution in [2.45, 2.75) is 51.6 Å². The molecule has 0 aromatic carbocycles. The van der Waals surface area contributed by atoms with Crippen LogP contribution in [-0.4, -0.2) is 63.1 Å². The van der Waals surface area contributed by atoms with E-state index >= 15 is 0 Å². The number of nitrogens with one attached hydrogen (secondary N) is 1. The summed E-state index contributed by atoms with van der Waals surface area (Å²) in [7, 11) is 0. The number of carbonyl (C=O) groups is 1. The number of likely N-dealkylation sites (tertiary alicyclic amines) is 1. The minimum Gasteiger partial charge on any atom is -0.481 e. The molecule has 3 aromatic heterocycles. The number of thiazole rings is 1. The summed E-state index contributed by atoms with van der Waals surface area (Å²) in [5, 5.41) is 13.2. The van der Waals surface area contributed by atoms with Crippen LogP contribution in [0, 0.1) is 34.7 Å². The van der Waals surface area contributed by atoms with Crippen LogP contribution in [0.5, 0.6) is 0 Å². The first-order chi connectivity index (χ1) is 18.6. The highest BCUT2D eigenvalue weighted by atomic mass is 32.1. The Morgan fingerprint density at radius 3 is 2.64 bits per heavy atom. The Balaban J connectivity index is 1.11. The van der Waals surface area contributed by atoms with Gasteiger partial charge in [0.2, 0.25) is 0 Å². The van der Waals surface area contributed by atoms with Crippen molar-refractivity contribution in [3.63, 3.8) is 0 Å². The van der Waals surface area contributed by atoms with Gasteiger partial charge < -0.3 is 20.2 Å². The molecule has 3 fully saturated rings. The van der Waals surface area contributed by atoms with Gasteiger partial charge in [0.05, 0.1) is 35.2 Å². The molecule has 1 unspecified atom stereocenters. The number of pyridine rings is 2. The predicted molar refractivity (Wildman–Crippen MR) is 142 cm³/mol. The molecule has 6 rings (SSSR count). The molecule has 2 atom stereocenters. The number of halogens is 3. The summed E-state index contributed by atoms with van der Waals surface area (Å²) in [4.78, 5) is 28.8. The molecule has 39 heavy (non-hydrogen) atoms. The number of aliphatic carboxylic acids is 1. The molecule has 0 bridgehead atoms. The number of piperidine rings is 1. The van der Waals surface area contributed by atoms with Gasteiger partial charge in [0.15, 0.2) is 16.6 Å². The molecular formula is C27H31F3N6O2S. The first kappa shape index (κ1) is 26.2. The molecule has 2 aliphatic heterocycles. The molecule has 2 saturated heterocycles. The van der Waals surface area contributed by atoms with Gasteiger partial charge in [-0.25, -0.2) is 18.2 Å². The van der Waals surface area contributed by atoms with Crippen LogP contribution in [0.15, 0.2) is 18.5 Å². The average molecular weight is 561 g/mol. The Morgan fingerprint density at radius 2 is 1.92 bits per heavy atom. The number of nitrogens with zero attached hydrogens (tertiary/aromatic N) is 5. The van der Waals surface area contributed by atoms with Crippen LogP contribution in [0.4, 0.5) is 24.0 Å². The van der Waals surface area contributed by atoms with Gasteiger partial charge in [0, 0.05) is 31.7 Å². The fraction of sp³-hybridized carbons (Fsp3) is 0.556. The number of hydrogen-bond donors (Lipinski definition) is 2. The van der Waals surface area contributed by atoms with E-state index in [0.29, 0.717) is 28.2 Å². The van der Waals surface area contributed by atoms with E-state index in [9.17, 15) is 23.1 Å². The van der Waals surface area contributed by atoms with E-state index in [2.05, 4.69) is 30.1 Å². The zero-order valence-corrected chi connectivity index (χ0v) is 22.6. The highest BCUT2D eigenvalue weighted by Gasteiger charge is 2.49. The second kappa shape index (κ2) is 9.88. The van der Waals surface area contributed by atoms with Gasteiger partial charge in [-0.1, -0.05) is 11.3 Å². The molecule has 8 nitrogen and oxygen atoms in total. The number of carboxylic acid groups (broad SMARTS) is 1. The summed E-state index contributed by atoms with van der Waals surface area (Å²) in [6, 6.07) is 0.416. The van der Waals surface area contributed by atoms with Gasteiger partial charge in [-0.15, -0.1) is 0 Å². The smallest absolute Gasteiger partial charge is 0.309 e. The third-order valence-corrected chi connectivity index (χ3v) is 9.84. The lowest BCUT2D eigenvalue weighted by atomic mass is 9.65. The Labute approximate surface area is 228 Å². The van der Waals surface area contributed by atoms with Gasteiger partial charge in [-0.05, 0) is 57.9 Å². The topological polar surface area (TPSA) is 94.5 Å². The van der Waals surface area contributed by atoms with E-state index in [1.165, 1.54) is 17.8 Å². The van der Waals surface area contributed by atoms with Crippen molar-refractivity contribution in [2.75, 3.05) is 36.4 Å². The van der Waals surface area contributed by atoms with Crippen LogP contribution in [0.25, 0.3) is 10.3 Å². The fourth-order valence-corrected chi connectivity index (χ4v) is 7.32. The molecule has 208 valence electrons. The molecule has 5 heterocycles. The zero-order chi connectivity index (χ0) is 27.5. The quantitative estimate of drug-likeness (QED) is 0.413. The SMILES string of the molecule is CC(Nc1c(F)cnc2nc(N3CC([C@H]4CCCN(C5CC(C)(C(=O)O)C5)C4)C3)sc12)c1ncc(F)cc1F. The van der Waals surface area contributed by atoms with E-state index in [1.54, 1.807) is 6.92 Å². The maximum atomic E-state index is 14.8. The highest BCUT2D eigenvalue weighted by molar-refractivity contribution is 7.22. The third kappa shape index (κ3) is 4.82. The van der Waals surface area contributed by atoms with Crippen molar-refractivity contribution in [3.05, 3.63) is 41.6 Å². The molecular weight excluding hydrogens is 529 g/mol. The number of fused-ring (bicyclic) bond motifs is 1. The molecule has 3 aliphatic rings. The summed E-state index contributed by atoms with van der Waals surface area (Å²) < 4.78 is 42.9. The number of rotatable bonds is 7. The van der Waals surface area contributed by atoms with Crippen molar-refractivity contribution >= 4 is 38.5 Å². The van der Waals surface area contributed by atoms with Crippen LogP contribution >= 0.6 is 11.3 Å². The molecule has 1 saturated carbocycles. The second-order valence-electron chi connectivity index (χ2n) is 11.5. The second-order valence-corrected chi connectivity index (χ2v) is 12.5. The molecule has 0 radical (unpaired) electrons. The van der Waals surface area contributed by atoms with Crippen LogP contribution < -0.4 is 10.2 Å². The first-order valence-corrected chi connectivity index (χ1v) is 14.2. The minimum absolute atomic E-state index is 0.00732. The highest BCUT2D eigenvalue weighted by Crippen LogP contribution is 2.46.